The predicted molar refractivity (Wildman–Crippen MR) is 170 cm³/mol. The van der Waals surface area contributed by atoms with E-state index < -0.39 is 47.1 Å². The number of rotatable bonds is 7. The molecule has 2 fully saturated rings. The zero-order chi connectivity index (χ0) is 31.9. The Kier molecular flexibility index (Phi) is 7.88. The van der Waals surface area contributed by atoms with Crippen molar-refractivity contribution in [3.05, 3.63) is 102 Å². The van der Waals surface area contributed by atoms with Crippen LogP contribution in [0.25, 0.3) is 10.9 Å². The maximum atomic E-state index is 14.5. The highest BCUT2D eigenvalue weighted by molar-refractivity contribution is 7.80. The van der Waals surface area contributed by atoms with E-state index in [1.165, 1.54) is 7.05 Å². The first-order valence-electron chi connectivity index (χ1n) is 14.6. The van der Waals surface area contributed by atoms with E-state index in [0.29, 0.717) is 22.6 Å². The topological polar surface area (TPSA) is 121 Å². The van der Waals surface area contributed by atoms with Gasteiger partial charge in [-0.2, -0.15) is 0 Å². The number of methoxy groups -OCH3 is 1. The Labute approximate surface area is 265 Å². The first-order valence-corrected chi connectivity index (χ1v) is 15.0. The van der Waals surface area contributed by atoms with E-state index in [0.717, 1.165) is 15.8 Å². The fraction of sp³-hybridized carbons (Fsp3) is 0.265. The van der Waals surface area contributed by atoms with E-state index in [1.54, 1.807) is 73.5 Å². The standard InChI is InChI=1S/C34H32N4O6S/c1-4-44-32(42)34(19-23-18-22-12-8-9-13-25(22)35-23)27-26(30(40)37(2)31(27)41)28(20-14-16-24(43-3)17-15-20)38(34)33(45)36-29(39)21-10-6-5-7-11-21/h5-18,26-28,35H,4,19H2,1-3H3,(H,36,39,45)/t26-,27-,28-,34-/m0/s1. The van der Waals surface area contributed by atoms with Crippen LogP contribution in [0.2, 0.25) is 0 Å². The van der Waals surface area contributed by atoms with E-state index in [4.69, 9.17) is 21.7 Å². The summed E-state index contributed by atoms with van der Waals surface area (Å²) in [6.07, 6.45) is -0.0530. The second kappa shape index (κ2) is 11.8. The minimum Gasteiger partial charge on any atom is -0.497 e. The van der Waals surface area contributed by atoms with Gasteiger partial charge in [-0.15, -0.1) is 0 Å². The fourth-order valence-electron chi connectivity index (χ4n) is 6.77. The number of ether oxygens (including phenoxy) is 2. The number of aromatic amines is 1. The van der Waals surface area contributed by atoms with Gasteiger partial charge in [-0.25, -0.2) is 4.79 Å². The van der Waals surface area contributed by atoms with E-state index >= 15 is 0 Å². The summed E-state index contributed by atoms with van der Waals surface area (Å²) in [5.74, 6) is -3.77. The molecule has 4 aromatic rings. The molecule has 6 rings (SSSR count). The highest BCUT2D eigenvalue weighted by atomic mass is 32.1. The van der Waals surface area contributed by atoms with Crippen LogP contribution < -0.4 is 10.1 Å². The van der Waals surface area contributed by atoms with Crippen LogP contribution in [-0.2, 0) is 25.5 Å². The van der Waals surface area contributed by atoms with Crippen LogP contribution in [0.5, 0.6) is 5.75 Å². The molecular weight excluding hydrogens is 592 g/mol. The first kappa shape index (κ1) is 30.0. The van der Waals surface area contributed by atoms with Crippen molar-refractivity contribution in [1.29, 1.82) is 0 Å². The normalized spacial score (nSPS) is 22.4. The number of nitrogens with zero attached hydrogens (tertiary/aromatic N) is 2. The molecule has 3 aromatic carbocycles. The Morgan fingerprint density at radius 1 is 0.978 bits per heavy atom. The Hall–Kier alpha value is -5.03. The van der Waals surface area contributed by atoms with Crippen LogP contribution in [0.15, 0.2) is 84.9 Å². The van der Waals surface area contributed by atoms with Gasteiger partial charge in [0.15, 0.2) is 10.7 Å². The lowest BCUT2D eigenvalue weighted by Gasteiger charge is -2.43. The zero-order valence-corrected chi connectivity index (χ0v) is 25.8. The second-order valence-corrected chi connectivity index (χ2v) is 11.5. The highest BCUT2D eigenvalue weighted by Crippen LogP contribution is 2.56. The highest BCUT2D eigenvalue weighted by Gasteiger charge is 2.73. The van der Waals surface area contributed by atoms with Gasteiger partial charge in [0.05, 0.1) is 31.6 Å². The molecule has 0 spiro atoms. The molecule has 2 N–H and O–H groups in total. The number of aromatic nitrogens is 1. The summed E-state index contributed by atoms with van der Waals surface area (Å²) >= 11 is 5.95. The van der Waals surface area contributed by atoms with Gasteiger partial charge >= 0.3 is 5.97 Å². The van der Waals surface area contributed by atoms with Gasteiger partial charge in [-0.05, 0) is 66.5 Å². The van der Waals surface area contributed by atoms with Crippen LogP contribution in [0.1, 0.15) is 34.6 Å². The van der Waals surface area contributed by atoms with Gasteiger partial charge in [0.2, 0.25) is 11.8 Å². The lowest BCUT2D eigenvalue weighted by atomic mass is 9.76. The number of esters is 1. The third-order valence-electron chi connectivity index (χ3n) is 8.74. The van der Waals surface area contributed by atoms with Crippen LogP contribution in [0.3, 0.4) is 0 Å². The number of hydrogen-bond acceptors (Lipinski definition) is 7. The smallest absolute Gasteiger partial charge is 0.333 e. The van der Waals surface area contributed by atoms with Gasteiger partial charge < -0.3 is 19.4 Å². The lowest BCUT2D eigenvalue weighted by Crippen LogP contribution is -2.63. The Morgan fingerprint density at radius 2 is 1.67 bits per heavy atom. The number of benzene rings is 3. The van der Waals surface area contributed by atoms with Crippen molar-refractivity contribution in [1.82, 2.24) is 20.1 Å². The zero-order valence-electron chi connectivity index (χ0n) is 25.0. The van der Waals surface area contributed by atoms with Crippen molar-refractivity contribution >= 4 is 51.9 Å². The molecule has 0 radical (unpaired) electrons. The number of hydrogen-bond donors (Lipinski definition) is 2. The number of fused-ring (bicyclic) bond motifs is 2. The third-order valence-corrected chi connectivity index (χ3v) is 9.04. The average Bonchev–Trinajstić information content (AvgIpc) is 3.67. The largest absolute Gasteiger partial charge is 0.497 e. The van der Waals surface area contributed by atoms with Gasteiger partial charge in [-0.1, -0.05) is 48.5 Å². The number of nitrogens with one attached hydrogen (secondary N) is 2. The van der Waals surface area contributed by atoms with Crippen LogP contribution in [-0.4, -0.2) is 69.9 Å². The summed E-state index contributed by atoms with van der Waals surface area (Å²) in [6.45, 7) is 1.70. The third kappa shape index (κ3) is 4.93. The molecule has 0 saturated carbocycles. The van der Waals surface area contributed by atoms with Crippen molar-refractivity contribution in [2.24, 2.45) is 11.8 Å². The van der Waals surface area contributed by atoms with E-state index in [9.17, 15) is 19.2 Å². The summed E-state index contributed by atoms with van der Waals surface area (Å²) in [5.41, 5.74) is 0.636. The summed E-state index contributed by atoms with van der Waals surface area (Å²) in [7, 11) is 2.97. The molecule has 10 nitrogen and oxygen atoms in total. The lowest BCUT2D eigenvalue weighted by molar-refractivity contribution is -0.160. The molecule has 2 saturated heterocycles. The molecule has 11 heteroatoms. The van der Waals surface area contributed by atoms with Gasteiger partial charge in [-0.3, -0.25) is 24.6 Å². The minimum atomic E-state index is -1.80. The summed E-state index contributed by atoms with van der Waals surface area (Å²) in [5, 5.41) is 3.60. The molecule has 2 aliphatic rings. The number of imide groups is 1. The molecule has 1 aromatic heterocycles. The number of H-pyrrole nitrogens is 1. The quantitative estimate of drug-likeness (QED) is 0.180. The Balaban J connectivity index is 1.57. The molecular formula is C34H32N4O6S. The number of carbonyl (C=O) groups is 4. The van der Waals surface area contributed by atoms with Gasteiger partial charge in [0, 0.05) is 30.2 Å². The molecule has 3 heterocycles. The molecule has 0 unspecified atom stereocenters. The van der Waals surface area contributed by atoms with Gasteiger partial charge in [0.25, 0.3) is 5.91 Å². The monoisotopic (exact) mass is 624 g/mol. The fourth-order valence-corrected chi connectivity index (χ4v) is 7.14. The molecule has 0 bridgehead atoms. The van der Waals surface area contributed by atoms with Crippen molar-refractivity contribution in [2.45, 2.75) is 24.9 Å². The Bertz CT molecular complexity index is 1770. The number of thiocarbonyl (C=S) groups is 1. The van der Waals surface area contributed by atoms with Crippen LogP contribution in [0, 0.1) is 11.8 Å². The summed E-state index contributed by atoms with van der Waals surface area (Å²) in [4.78, 5) is 62.0. The van der Waals surface area contributed by atoms with Crippen LogP contribution >= 0.6 is 12.2 Å². The van der Waals surface area contributed by atoms with E-state index in [-0.39, 0.29) is 18.1 Å². The number of carbonyl (C=O) groups excluding carboxylic acids is 4. The van der Waals surface area contributed by atoms with Crippen molar-refractivity contribution in [3.8, 4) is 5.75 Å². The second-order valence-electron chi connectivity index (χ2n) is 11.2. The Morgan fingerprint density at radius 3 is 2.33 bits per heavy atom. The summed E-state index contributed by atoms with van der Waals surface area (Å²) in [6, 6.07) is 24.2. The van der Waals surface area contributed by atoms with Crippen molar-refractivity contribution in [2.75, 3.05) is 20.8 Å². The molecule has 0 aliphatic carbocycles. The van der Waals surface area contributed by atoms with Crippen molar-refractivity contribution < 1.29 is 28.7 Å². The number of likely N-dealkylation sites (tertiary alicyclic amines) is 2. The van der Waals surface area contributed by atoms with Crippen molar-refractivity contribution in [3.63, 3.8) is 0 Å². The molecule has 4 atom stereocenters. The predicted octanol–water partition coefficient (Wildman–Crippen LogP) is 4.02. The number of amides is 3. The maximum Gasteiger partial charge on any atom is 0.333 e. The van der Waals surface area contributed by atoms with Crippen LogP contribution in [0.4, 0.5) is 0 Å². The molecule has 45 heavy (non-hydrogen) atoms. The van der Waals surface area contributed by atoms with E-state index in [2.05, 4.69) is 10.3 Å². The minimum absolute atomic E-state index is 0.0207. The SMILES string of the molecule is CCOC(=O)[C@]1(Cc2cc3ccccc3[nH]2)[C@@H]2C(=O)N(C)C(=O)[C@@H]2[C@H](c2ccc(OC)cc2)N1C(=S)NC(=O)c1ccccc1. The number of para-hydroxylation sites is 1. The molecule has 230 valence electrons. The molecule has 2 aliphatic heterocycles. The maximum absolute atomic E-state index is 14.5. The first-order chi connectivity index (χ1) is 21.7. The van der Waals surface area contributed by atoms with E-state index in [1.807, 2.05) is 30.3 Å². The average molecular weight is 625 g/mol. The molecule has 3 amide bonds. The van der Waals surface area contributed by atoms with Gasteiger partial charge in [0.1, 0.15) is 5.75 Å². The summed E-state index contributed by atoms with van der Waals surface area (Å²) < 4.78 is 11.1.